The van der Waals surface area contributed by atoms with Crippen molar-refractivity contribution in [3.05, 3.63) is 108 Å². The van der Waals surface area contributed by atoms with E-state index in [2.05, 4.69) is 10.4 Å². The van der Waals surface area contributed by atoms with Crippen molar-refractivity contribution in [2.24, 2.45) is 0 Å². The SMILES string of the molecule is O=C(CCc1cccc(Oc2ccccc2)c1)c1cnn2c1NC(c1ccccc1)CC2C(F)(F)F. The molecule has 0 saturated carbocycles. The number of carbonyl (C=O) groups is 1. The number of ether oxygens (including phenoxy) is 1. The number of alkyl halides is 3. The minimum atomic E-state index is -4.49. The van der Waals surface area contributed by atoms with Gasteiger partial charge in [-0.05, 0) is 41.8 Å². The van der Waals surface area contributed by atoms with Gasteiger partial charge in [-0.3, -0.25) is 4.79 Å². The summed E-state index contributed by atoms with van der Waals surface area (Å²) in [6.45, 7) is 0. The lowest BCUT2D eigenvalue weighted by molar-refractivity contribution is -0.173. The third-order valence-electron chi connectivity index (χ3n) is 6.26. The van der Waals surface area contributed by atoms with Crippen molar-refractivity contribution in [2.75, 3.05) is 5.32 Å². The van der Waals surface area contributed by atoms with Crippen molar-refractivity contribution in [1.82, 2.24) is 9.78 Å². The molecule has 2 atom stereocenters. The first-order valence-corrected chi connectivity index (χ1v) is 11.7. The van der Waals surface area contributed by atoms with Crippen LogP contribution in [-0.4, -0.2) is 21.7 Å². The van der Waals surface area contributed by atoms with Gasteiger partial charge in [0, 0.05) is 12.8 Å². The molecule has 2 heterocycles. The van der Waals surface area contributed by atoms with E-state index in [-0.39, 0.29) is 30.0 Å². The smallest absolute Gasteiger partial charge is 0.410 e. The highest BCUT2D eigenvalue weighted by atomic mass is 19.4. The standard InChI is InChI=1S/C28H24F3N3O2/c29-28(30,31)26-17-24(20-9-3-1-4-10-20)33-27-23(18-32-34(26)27)25(35)15-14-19-8-7-13-22(16-19)36-21-11-5-2-6-12-21/h1-13,16,18,24,26,33H,14-15,17H2. The Kier molecular flexibility index (Phi) is 6.50. The Hall–Kier alpha value is -4.07. The van der Waals surface area contributed by atoms with E-state index in [0.717, 1.165) is 15.8 Å². The highest BCUT2D eigenvalue weighted by Gasteiger charge is 2.47. The van der Waals surface area contributed by atoms with Gasteiger partial charge in [0.15, 0.2) is 11.8 Å². The fourth-order valence-corrected chi connectivity index (χ4v) is 4.45. The number of nitrogens with zero attached hydrogens (tertiary/aromatic N) is 2. The van der Waals surface area contributed by atoms with Crippen LogP contribution in [0.25, 0.3) is 0 Å². The number of benzene rings is 3. The number of hydrogen-bond donors (Lipinski definition) is 1. The predicted molar refractivity (Wildman–Crippen MR) is 130 cm³/mol. The number of Topliss-reactive ketones (excluding diaryl/α,β-unsaturated/α-hetero) is 1. The summed E-state index contributed by atoms with van der Waals surface area (Å²) >= 11 is 0. The van der Waals surface area contributed by atoms with Crippen LogP contribution in [0.1, 0.15) is 46.4 Å². The van der Waals surface area contributed by atoms with Crippen LogP contribution in [0, 0.1) is 0 Å². The number of aryl methyl sites for hydroxylation is 1. The molecule has 1 aliphatic heterocycles. The van der Waals surface area contributed by atoms with Crippen LogP contribution in [0.5, 0.6) is 11.5 Å². The molecule has 3 aromatic carbocycles. The molecule has 0 amide bonds. The van der Waals surface area contributed by atoms with Gasteiger partial charge in [-0.25, -0.2) is 4.68 Å². The second-order valence-electron chi connectivity index (χ2n) is 8.74. The molecule has 0 fully saturated rings. The van der Waals surface area contributed by atoms with E-state index in [1.807, 2.05) is 60.7 Å². The third-order valence-corrected chi connectivity index (χ3v) is 6.26. The predicted octanol–water partition coefficient (Wildman–Crippen LogP) is 7.15. The zero-order valence-electron chi connectivity index (χ0n) is 19.3. The molecule has 8 heteroatoms. The lowest BCUT2D eigenvalue weighted by Gasteiger charge is -2.34. The van der Waals surface area contributed by atoms with Crippen molar-refractivity contribution in [1.29, 1.82) is 0 Å². The summed E-state index contributed by atoms with van der Waals surface area (Å²) in [5, 5.41) is 7.10. The van der Waals surface area contributed by atoms with Crippen molar-refractivity contribution >= 4 is 11.6 Å². The summed E-state index contributed by atoms with van der Waals surface area (Å²) in [6.07, 6.45) is -2.91. The molecular formula is C28H24F3N3O2. The van der Waals surface area contributed by atoms with Gasteiger partial charge in [-0.2, -0.15) is 18.3 Å². The minimum absolute atomic E-state index is 0.114. The van der Waals surface area contributed by atoms with E-state index < -0.39 is 18.3 Å². The lowest BCUT2D eigenvalue weighted by atomic mass is 9.96. The summed E-state index contributed by atoms with van der Waals surface area (Å²) in [5.74, 6) is 1.20. The average molecular weight is 492 g/mol. The molecule has 0 bridgehead atoms. The maximum absolute atomic E-state index is 13.9. The zero-order valence-corrected chi connectivity index (χ0v) is 19.3. The maximum Gasteiger partial charge on any atom is 0.410 e. The molecule has 1 aromatic heterocycles. The highest BCUT2D eigenvalue weighted by Crippen LogP contribution is 2.44. The molecule has 2 unspecified atom stereocenters. The van der Waals surface area contributed by atoms with E-state index in [4.69, 9.17) is 4.74 Å². The number of para-hydroxylation sites is 1. The van der Waals surface area contributed by atoms with E-state index in [9.17, 15) is 18.0 Å². The number of carbonyl (C=O) groups excluding carboxylic acids is 1. The Morgan fingerprint density at radius 2 is 1.67 bits per heavy atom. The Morgan fingerprint density at radius 3 is 2.39 bits per heavy atom. The average Bonchev–Trinajstić information content (AvgIpc) is 3.31. The van der Waals surface area contributed by atoms with Gasteiger partial charge in [0.2, 0.25) is 0 Å². The summed E-state index contributed by atoms with van der Waals surface area (Å²) in [7, 11) is 0. The lowest BCUT2D eigenvalue weighted by Crippen LogP contribution is -2.36. The van der Waals surface area contributed by atoms with Crippen LogP contribution < -0.4 is 10.1 Å². The van der Waals surface area contributed by atoms with Crippen LogP contribution in [0.2, 0.25) is 0 Å². The summed E-state index contributed by atoms with van der Waals surface area (Å²) in [5.41, 5.74) is 1.79. The molecule has 1 N–H and O–H groups in total. The van der Waals surface area contributed by atoms with Crippen LogP contribution in [-0.2, 0) is 6.42 Å². The monoisotopic (exact) mass is 491 g/mol. The second kappa shape index (κ2) is 9.89. The number of rotatable bonds is 7. The first-order valence-electron chi connectivity index (χ1n) is 11.7. The summed E-state index contributed by atoms with van der Waals surface area (Å²) in [4.78, 5) is 13.1. The fourth-order valence-electron chi connectivity index (χ4n) is 4.45. The van der Waals surface area contributed by atoms with E-state index >= 15 is 0 Å². The van der Waals surface area contributed by atoms with Gasteiger partial charge in [0.05, 0.1) is 17.8 Å². The van der Waals surface area contributed by atoms with Gasteiger partial charge in [0.1, 0.15) is 17.3 Å². The molecule has 36 heavy (non-hydrogen) atoms. The highest BCUT2D eigenvalue weighted by molar-refractivity contribution is 6.00. The molecule has 0 radical (unpaired) electrons. The number of fused-ring (bicyclic) bond motifs is 1. The molecule has 0 aliphatic carbocycles. The Bertz CT molecular complexity index is 1340. The van der Waals surface area contributed by atoms with E-state index in [0.29, 0.717) is 17.9 Å². The van der Waals surface area contributed by atoms with Crippen LogP contribution in [0.15, 0.2) is 91.1 Å². The Balaban J connectivity index is 1.33. The number of aromatic nitrogens is 2. The van der Waals surface area contributed by atoms with Gasteiger partial charge < -0.3 is 10.1 Å². The number of ketones is 1. The van der Waals surface area contributed by atoms with Crippen molar-refractivity contribution in [2.45, 2.75) is 37.5 Å². The Labute approximate surface area is 206 Å². The van der Waals surface area contributed by atoms with Gasteiger partial charge >= 0.3 is 6.18 Å². The number of halogens is 3. The number of hydrogen-bond acceptors (Lipinski definition) is 4. The van der Waals surface area contributed by atoms with Crippen molar-refractivity contribution in [3.63, 3.8) is 0 Å². The van der Waals surface area contributed by atoms with Crippen molar-refractivity contribution < 1.29 is 22.7 Å². The van der Waals surface area contributed by atoms with Crippen molar-refractivity contribution in [3.8, 4) is 11.5 Å². The van der Waals surface area contributed by atoms with Crippen LogP contribution >= 0.6 is 0 Å². The molecule has 5 rings (SSSR count). The quantitative estimate of drug-likeness (QED) is 0.279. The number of nitrogens with one attached hydrogen (secondary N) is 1. The largest absolute Gasteiger partial charge is 0.457 e. The topological polar surface area (TPSA) is 56.1 Å². The third kappa shape index (κ3) is 5.12. The maximum atomic E-state index is 13.9. The van der Waals surface area contributed by atoms with Gasteiger partial charge in [0.25, 0.3) is 0 Å². The van der Waals surface area contributed by atoms with E-state index in [1.165, 1.54) is 6.20 Å². The molecule has 5 nitrogen and oxygen atoms in total. The van der Waals surface area contributed by atoms with E-state index in [1.54, 1.807) is 24.3 Å². The van der Waals surface area contributed by atoms with Crippen LogP contribution in [0.3, 0.4) is 0 Å². The molecule has 184 valence electrons. The summed E-state index contributed by atoms with van der Waals surface area (Å²) < 4.78 is 48.5. The molecule has 1 aliphatic rings. The fraction of sp³-hybridized carbons (Fsp3) is 0.214. The first-order chi connectivity index (χ1) is 17.4. The molecule has 0 spiro atoms. The minimum Gasteiger partial charge on any atom is -0.457 e. The molecule has 4 aromatic rings. The normalized spacial score (nSPS) is 17.2. The number of anilines is 1. The van der Waals surface area contributed by atoms with Gasteiger partial charge in [-0.1, -0.05) is 60.7 Å². The first kappa shape index (κ1) is 23.7. The molecular weight excluding hydrogens is 467 g/mol. The van der Waals surface area contributed by atoms with Crippen LogP contribution in [0.4, 0.5) is 19.0 Å². The summed E-state index contributed by atoms with van der Waals surface area (Å²) in [6, 6.07) is 23.3. The Morgan fingerprint density at radius 1 is 0.972 bits per heavy atom. The molecule has 0 saturated heterocycles. The second-order valence-corrected chi connectivity index (χ2v) is 8.74. The zero-order chi connectivity index (χ0) is 25.1. The van der Waals surface area contributed by atoms with Gasteiger partial charge in [-0.15, -0.1) is 0 Å².